The fraction of sp³-hybridized carbons (Fsp3) is 0.438. The molecule has 0 spiro atoms. The minimum absolute atomic E-state index is 0.0450. The number of esters is 1. The van der Waals surface area contributed by atoms with Crippen molar-refractivity contribution in [1.29, 1.82) is 0 Å². The van der Waals surface area contributed by atoms with E-state index >= 15 is 4.39 Å². The summed E-state index contributed by atoms with van der Waals surface area (Å²) in [6.07, 6.45) is 3.79. The number of carbonyl (C=O) groups is 1. The van der Waals surface area contributed by atoms with Gasteiger partial charge in [0, 0.05) is 48.1 Å². The van der Waals surface area contributed by atoms with E-state index in [0.29, 0.717) is 60.7 Å². The van der Waals surface area contributed by atoms with E-state index in [0.717, 1.165) is 23.2 Å². The Labute approximate surface area is 232 Å². The molecule has 210 valence electrons. The molecular weight excluding hydrogens is 514 g/mol. The second-order valence-corrected chi connectivity index (χ2v) is 11.6. The first-order valence-electron chi connectivity index (χ1n) is 14.0. The van der Waals surface area contributed by atoms with Crippen LogP contribution in [0.1, 0.15) is 54.9 Å². The Balaban J connectivity index is 1.16. The zero-order valence-electron chi connectivity index (χ0n) is 23.0. The molecule has 0 radical (unpaired) electrons. The van der Waals surface area contributed by atoms with Crippen LogP contribution in [-0.2, 0) is 22.6 Å². The van der Waals surface area contributed by atoms with Gasteiger partial charge in [-0.25, -0.2) is 13.8 Å². The minimum atomic E-state index is -0.679. The number of aliphatic hydroxyl groups is 1. The summed E-state index contributed by atoms with van der Waals surface area (Å²) < 4.78 is 41.3. The van der Waals surface area contributed by atoms with Crippen molar-refractivity contribution in [3.05, 3.63) is 76.5 Å². The van der Waals surface area contributed by atoms with Gasteiger partial charge in [-0.15, -0.1) is 0 Å². The molecule has 3 aromatic rings. The van der Waals surface area contributed by atoms with E-state index in [1.54, 1.807) is 25.3 Å². The van der Waals surface area contributed by atoms with E-state index in [2.05, 4.69) is 9.88 Å². The fourth-order valence-corrected chi connectivity index (χ4v) is 6.34. The topological polar surface area (TPSA) is 71.9 Å². The molecule has 1 saturated carbocycles. The van der Waals surface area contributed by atoms with Crippen LogP contribution in [0, 0.1) is 30.4 Å². The van der Waals surface area contributed by atoms with Gasteiger partial charge in [0.25, 0.3) is 0 Å². The van der Waals surface area contributed by atoms with Crippen molar-refractivity contribution in [3.8, 4) is 17.0 Å². The first kappa shape index (κ1) is 26.7. The highest BCUT2D eigenvalue weighted by molar-refractivity contribution is 5.79. The van der Waals surface area contributed by atoms with Crippen LogP contribution in [0.4, 0.5) is 14.5 Å². The van der Waals surface area contributed by atoms with E-state index in [9.17, 15) is 14.3 Å². The van der Waals surface area contributed by atoms with Gasteiger partial charge in [-0.2, -0.15) is 0 Å². The van der Waals surface area contributed by atoms with Crippen molar-refractivity contribution in [2.24, 2.45) is 11.8 Å². The number of fused-ring (bicyclic) bond motifs is 3. The number of pyridine rings is 1. The van der Waals surface area contributed by atoms with E-state index in [-0.39, 0.29) is 36.1 Å². The summed E-state index contributed by atoms with van der Waals surface area (Å²) in [6.45, 7) is 7.06. The van der Waals surface area contributed by atoms with Gasteiger partial charge in [0.2, 0.25) is 5.88 Å². The molecule has 6 rings (SSSR count). The standard InChI is InChI=1S/C32H34F2N2O4/c1-4-39-31(37)30-24-12-19-14-28(35-16-25(19)29(24)30)40-17-20-13-23(18(2)11-26(20)33)22-6-5-21(15-27(22)34)36-9-7-32(3,38)8-10-36/h5-6,11,13-16,24,29-30,38H,4,7-10,12,17H2,1-3H3/t24-,29-,30+/m1/s1. The third-order valence-electron chi connectivity index (χ3n) is 8.76. The second-order valence-electron chi connectivity index (χ2n) is 11.6. The Kier molecular flexibility index (Phi) is 6.77. The van der Waals surface area contributed by atoms with Crippen LogP contribution in [-0.4, -0.2) is 41.4 Å². The van der Waals surface area contributed by atoms with Gasteiger partial charge in [0.05, 0.1) is 18.1 Å². The lowest BCUT2D eigenvalue weighted by Gasteiger charge is -2.37. The number of rotatable bonds is 7. The molecule has 2 fully saturated rings. The molecule has 1 aliphatic heterocycles. The Morgan fingerprint density at radius 2 is 1.90 bits per heavy atom. The van der Waals surface area contributed by atoms with Gasteiger partial charge in [0.1, 0.15) is 18.2 Å². The lowest BCUT2D eigenvalue weighted by molar-refractivity contribution is -0.145. The summed E-state index contributed by atoms with van der Waals surface area (Å²) in [4.78, 5) is 18.6. The maximum absolute atomic E-state index is 15.3. The number of halogens is 2. The number of anilines is 1. The summed E-state index contributed by atoms with van der Waals surface area (Å²) >= 11 is 0. The third kappa shape index (κ3) is 4.94. The van der Waals surface area contributed by atoms with Crippen LogP contribution < -0.4 is 9.64 Å². The summed E-state index contributed by atoms with van der Waals surface area (Å²) in [5, 5.41) is 10.2. The largest absolute Gasteiger partial charge is 0.473 e. The van der Waals surface area contributed by atoms with E-state index in [4.69, 9.17) is 9.47 Å². The van der Waals surface area contributed by atoms with Gasteiger partial charge in [-0.1, -0.05) is 0 Å². The Morgan fingerprint density at radius 3 is 2.62 bits per heavy atom. The maximum Gasteiger partial charge on any atom is 0.309 e. The average Bonchev–Trinajstić information content (AvgIpc) is 3.50. The number of carbonyl (C=O) groups excluding carboxylic acids is 1. The van der Waals surface area contributed by atoms with Crippen LogP contribution in [0.5, 0.6) is 5.88 Å². The summed E-state index contributed by atoms with van der Waals surface area (Å²) in [5.41, 5.74) is 4.21. The van der Waals surface area contributed by atoms with Gasteiger partial charge < -0.3 is 19.5 Å². The zero-order chi connectivity index (χ0) is 28.2. The monoisotopic (exact) mass is 548 g/mol. The van der Waals surface area contributed by atoms with Gasteiger partial charge in [0.15, 0.2) is 0 Å². The highest BCUT2D eigenvalue weighted by atomic mass is 19.1. The molecule has 2 heterocycles. The van der Waals surface area contributed by atoms with Crippen molar-refractivity contribution >= 4 is 11.7 Å². The number of hydrogen-bond acceptors (Lipinski definition) is 6. The SMILES string of the molecule is CCOC(=O)[C@H]1[C@@H]2Cc3cc(OCc4cc(-c5ccc(N6CCC(C)(O)CC6)cc5F)c(C)cc4F)ncc3[C@@H]21. The van der Waals surface area contributed by atoms with Crippen LogP contribution in [0.2, 0.25) is 0 Å². The molecule has 0 amide bonds. The second kappa shape index (κ2) is 10.1. The Hall–Kier alpha value is -3.52. The molecule has 8 heteroatoms. The van der Waals surface area contributed by atoms with Crippen LogP contribution in [0.15, 0.2) is 42.6 Å². The maximum atomic E-state index is 15.3. The predicted molar refractivity (Wildman–Crippen MR) is 147 cm³/mol. The van der Waals surface area contributed by atoms with Gasteiger partial charge in [-0.05, 0) is 98.5 Å². The number of benzene rings is 2. The molecule has 1 N–H and O–H groups in total. The normalized spacial score (nSPS) is 22.4. The van der Waals surface area contributed by atoms with E-state index in [1.165, 1.54) is 12.1 Å². The van der Waals surface area contributed by atoms with E-state index < -0.39 is 11.4 Å². The number of ether oxygens (including phenoxy) is 2. The minimum Gasteiger partial charge on any atom is -0.473 e. The number of piperidine rings is 1. The van der Waals surface area contributed by atoms with Crippen molar-refractivity contribution in [1.82, 2.24) is 4.98 Å². The first-order chi connectivity index (χ1) is 19.1. The summed E-state index contributed by atoms with van der Waals surface area (Å²) in [5.74, 6) is -0.194. The lowest BCUT2D eigenvalue weighted by atomic mass is 9.93. The number of aryl methyl sites for hydroxylation is 1. The Morgan fingerprint density at radius 1 is 1.12 bits per heavy atom. The third-order valence-corrected chi connectivity index (χ3v) is 8.76. The quantitative estimate of drug-likeness (QED) is 0.381. The zero-order valence-corrected chi connectivity index (χ0v) is 23.0. The van der Waals surface area contributed by atoms with Crippen LogP contribution in [0.3, 0.4) is 0 Å². The van der Waals surface area contributed by atoms with Gasteiger partial charge in [-0.3, -0.25) is 4.79 Å². The average molecular weight is 549 g/mol. The number of aromatic nitrogens is 1. The number of nitrogens with zero attached hydrogens (tertiary/aromatic N) is 2. The molecule has 3 aliphatic rings. The first-order valence-corrected chi connectivity index (χ1v) is 14.0. The molecule has 2 aromatic carbocycles. The molecule has 0 unspecified atom stereocenters. The highest BCUT2D eigenvalue weighted by Gasteiger charge is 2.60. The molecule has 6 nitrogen and oxygen atoms in total. The molecule has 2 aliphatic carbocycles. The molecule has 1 saturated heterocycles. The summed E-state index contributed by atoms with van der Waals surface area (Å²) in [7, 11) is 0. The molecule has 1 aromatic heterocycles. The molecule has 0 bridgehead atoms. The van der Waals surface area contributed by atoms with Crippen LogP contribution >= 0.6 is 0 Å². The molecule has 3 atom stereocenters. The van der Waals surface area contributed by atoms with E-state index in [1.807, 2.05) is 26.0 Å². The van der Waals surface area contributed by atoms with Crippen molar-refractivity contribution in [2.45, 2.75) is 58.2 Å². The molecule has 40 heavy (non-hydrogen) atoms. The lowest BCUT2D eigenvalue weighted by Crippen LogP contribution is -2.42. The van der Waals surface area contributed by atoms with Crippen molar-refractivity contribution < 1.29 is 28.2 Å². The van der Waals surface area contributed by atoms with Crippen molar-refractivity contribution in [3.63, 3.8) is 0 Å². The van der Waals surface area contributed by atoms with Crippen molar-refractivity contribution in [2.75, 3.05) is 24.6 Å². The highest BCUT2D eigenvalue weighted by Crippen LogP contribution is 2.61. The summed E-state index contributed by atoms with van der Waals surface area (Å²) in [6, 6.07) is 10.1. The van der Waals surface area contributed by atoms with Gasteiger partial charge >= 0.3 is 5.97 Å². The smallest absolute Gasteiger partial charge is 0.309 e. The number of hydrogen-bond donors (Lipinski definition) is 1. The van der Waals surface area contributed by atoms with Crippen LogP contribution in [0.25, 0.3) is 11.1 Å². The Bertz CT molecular complexity index is 1460. The predicted octanol–water partition coefficient (Wildman–Crippen LogP) is 5.71. The fourth-order valence-electron chi connectivity index (χ4n) is 6.34. The molecular formula is C32H34F2N2O4.